The van der Waals surface area contributed by atoms with E-state index in [1.807, 2.05) is 0 Å². The molecule has 2 N–H and O–H groups in total. The average Bonchev–Trinajstić information content (AvgIpc) is 2.82. The van der Waals surface area contributed by atoms with E-state index in [1.165, 1.54) is 17.7 Å². The summed E-state index contributed by atoms with van der Waals surface area (Å²) < 4.78 is 0.407. The van der Waals surface area contributed by atoms with E-state index in [1.54, 1.807) is 11.3 Å². The molecule has 1 aliphatic heterocycles. The van der Waals surface area contributed by atoms with Gasteiger partial charge in [0, 0.05) is 29.6 Å². The summed E-state index contributed by atoms with van der Waals surface area (Å²) >= 11 is 3.88. The van der Waals surface area contributed by atoms with Crippen LogP contribution in [0.25, 0.3) is 0 Å². The van der Waals surface area contributed by atoms with Gasteiger partial charge in [-0.05, 0) is 35.2 Å². The Kier molecular flexibility index (Phi) is 5.35. The Morgan fingerprint density at radius 1 is 1.42 bits per heavy atom. The third-order valence-corrected chi connectivity index (χ3v) is 6.10. The van der Waals surface area contributed by atoms with Gasteiger partial charge in [0.1, 0.15) is 0 Å². The topological polar surface area (TPSA) is 29.3 Å². The zero-order valence-corrected chi connectivity index (χ0v) is 13.9. The van der Waals surface area contributed by atoms with Crippen molar-refractivity contribution in [3.8, 4) is 0 Å². The normalized spacial score (nSPS) is 23.8. The van der Waals surface area contributed by atoms with Crippen molar-refractivity contribution in [3.05, 3.63) is 22.4 Å². The number of thiophene rings is 1. The van der Waals surface area contributed by atoms with Crippen LogP contribution in [0.5, 0.6) is 0 Å². The van der Waals surface area contributed by atoms with Gasteiger partial charge < -0.3 is 5.73 Å². The van der Waals surface area contributed by atoms with Crippen LogP contribution < -0.4 is 5.73 Å². The van der Waals surface area contributed by atoms with E-state index < -0.39 is 0 Å². The van der Waals surface area contributed by atoms with Gasteiger partial charge in [-0.1, -0.05) is 20.8 Å². The van der Waals surface area contributed by atoms with Crippen LogP contribution in [0.3, 0.4) is 0 Å². The van der Waals surface area contributed by atoms with E-state index >= 15 is 0 Å². The van der Waals surface area contributed by atoms with Crippen molar-refractivity contribution in [1.82, 2.24) is 4.90 Å². The molecule has 0 bridgehead atoms. The maximum Gasteiger partial charge on any atom is 0.0507 e. The van der Waals surface area contributed by atoms with E-state index in [9.17, 15) is 0 Å². The number of hydrogen-bond donors (Lipinski definition) is 1. The average molecular weight is 299 g/mol. The van der Waals surface area contributed by atoms with Crippen LogP contribution >= 0.6 is 23.1 Å². The molecule has 0 aliphatic carbocycles. The molecule has 0 saturated carbocycles. The second-order valence-corrected chi connectivity index (χ2v) is 8.55. The summed E-state index contributed by atoms with van der Waals surface area (Å²) in [5.74, 6) is 1.21. The van der Waals surface area contributed by atoms with E-state index in [0.29, 0.717) is 10.8 Å². The first-order valence-electron chi connectivity index (χ1n) is 7.19. The molecule has 1 aromatic rings. The lowest BCUT2D eigenvalue weighted by Crippen LogP contribution is -2.42. The summed E-state index contributed by atoms with van der Waals surface area (Å²) in [6.45, 7) is 9.23. The molecule has 1 aliphatic rings. The van der Waals surface area contributed by atoms with Crippen molar-refractivity contribution in [2.24, 2.45) is 5.73 Å². The molecular formula is C15H26N2S2. The second kappa shape index (κ2) is 6.61. The molecule has 2 rings (SSSR count). The van der Waals surface area contributed by atoms with Gasteiger partial charge in [-0.25, -0.2) is 0 Å². The standard InChI is InChI=1S/C15H26N2S2/c1-4-13(16)14(12-5-9-18-11-12)17-7-6-15(2,3)19-10-8-17/h5,9,11,13-14H,4,6-8,10,16H2,1-3H3. The maximum atomic E-state index is 6.41. The van der Waals surface area contributed by atoms with Crippen LogP contribution in [0.15, 0.2) is 16.8 Å². The van der Waals surface area contributed by atoms with Crippen LogP contribution in [-0.2, 0) is 0 Å². The van der Waals surface area contributed by atoms with E-state index in [4.69, 9.17) is 5.73 Å². The minimum Gasteiger partial charge on any atom is -0.326 e. The molecular weight excluding hydrogens is 272 g/mol. The molecule has 2 heterocycles. The second-order valence-electron chi connectivity index (χ2n) is 5.97. The summed E-state index contributed by atoms with van der Waals surface area (Å²) in [5.41, 5.74) is 7.82. The number of thioether (sulfide) groups is 1. The van der Waals surface area contributed by atoms with Gasteiger partial charge >= 0.3 is 0 Å². The molecule has 1 saturated heterocycles. The van der Waals surface area contributed by atoms with Crippen LogP contribution in [0.1, 0.15) is 45.2 Å². The molecule has 1 fully saturated rings. The van der Waals surface area contributed by atoms with Gasteiger partial charge in [0.2, 0.25) is 0 Å². The van der Waals surface area contributed by atoms with Crippen molar-refractivity contribution in [2.75, 3.05) is 18.8 Å². The molecule has 2 atom stereocenters. The van der Waals surface area contributed by atoms with Gasteiger partial charge in [0.05, 0.1) is 6.04 Å². The van der Waals surface area contributed by atoms with Crippen molar-refractivity contribution < 1.29 is 0 Å². The fourth-order valence-electron chi connectivity index (χ4n) is 2.71. The summed E-state index contributed by atoms with van der Waals surface area (Å²) in [6.07, 6.45) is 2.28. The zero-order valence-electron chi connectivity index (χ0n) is 12.3. The Bertz CT molecular complexity index is 376. The number of hydrogen-bond acceptors (Lipinski definition) is 4. The predicted octanol–water partition coefficient (Wildman–Crippen LogP) is 3.74. The Morgan fingerprint density at radius 2 is 2.21 bits per heavy atom. The maximum absolute atomic E-state index is 6.41. The minimum absolute atomic E-state index is 0.237. The molecule has 2 unspecified atom stereocenters. The predicted molar refractivity (Wildman–Crippen MR) is 88.1 cm³/mol. The molecule has 0 spiro atoms. The molecule has 0 amide bonds. The molecule has 0 radical (unpaired) electrons. The highest BCUT2D eigenvalue weighted by Gasteiger charge is 2.30. The smallest absolute Gasteiger partial charge is 0.0507 e. The molecule has 2 nitrogen and oxygen atoms in total. The fourth-order valence-corrected chi connectivity index (χ4v) is 4.51. The van der Waals surface area contributed by atoms with Crippen LogP contribution in [0.4, 0.5) is 0 Å². The van der Waals surface area contributed by atoms with Gasteiger partial charge in [0.25, 0.3) is 0 Å². The Hall–Kier alpha value is -0.0300. The lowest BCUT2D eigenvalue weighted by atomic mass is 9.98. The monoisotopic (exact) mass is 298 g/mol. The number of nitrogens with zero attached hydrogens (tertiary/aromatic N) is 1. The molecule has 1 aromatic heterocycles. The molecule has 0 aromatic carbocycles. The van der Waals surface area contributed by atoms with Crippen LogP contribution in [-0.4, -0.2) is 34.5 Å². The summed E-state index contributed by atoms with van der Waals surface area (Å²) in [4.78, 5) is 2.61. The highest BCUT2D eigenvalue weighted by atomic mass is 32.2. The summed E-state index contributed by atoms with van der Waals surface area (Å²) in [7, 11) is 0. The molecule has 108 valence electrons. The van der Waals surface area contributed by atoms with Gasteiger partial charge in [0.15, 0.2) is 0 Å². The first kappa shape index (κ1) is 15.4. The van der Waals surface area contributed by atoms with E-state index in [0.717, 1.165) is 19.5 Å². The van der Waals surface area contributed by atoms with Crippen molar-refractivity contribution in [3.63, 3.8) is 0 Å². The Morgan fingerprint density at radius 3 is 2.84 bits per heavy atom. The highest BCUT2D eigenvalue weighted by Crippen LogP contribution is 2.35. The van der Waals surface area contributed by atoms with Gasteiger partial charge in [-0.3, -0.25) is 4.90 Å². The largest absolute Gasteiger partial charge is 0.326 e. The lowest BCUT2D eigenvalue weighted by Gasteiger charge is -2.34. The summed E-state index contributed by atoms with van der Waals surface area (Å²) in [6, 6.07) is 2.88. The quantitative estimate of drug-likeness (QED) is 0.918. The molecule has 4 heteroatoms. The lowest BCUT2D eigenvalue weighted by molar-refractivity contribution is 0.177. The van der Waals surface area contributed by atoms with Crippen molar-refractivity contribution in [2.45, 2.75) is 50.4 Å². The Labute approximate surface area is 125 Å². The van der Waals surface area contributed by atoms with Gasteiger partial charge in [-0.2, -0.15) is 23.1 Å². The third kappa shape index (κ3) is 3.97. The van der Waals surface area contributed by atoms with Crippen molar-refractivity contribution in [1.29, 1.82) is 0 Å². The number of rotatable bonds is 4. The minimum atomic E-state index is 0.237. The van der Waals surface area contributed by atoms with E-state index in [2.05, 4.69) is 54.3 Å². The van der Waals surface area contributed by atoms with Gasteiger partial charge in [-0.15, -0.1) is 0 Å². The SMILES string of the molecule is CCC(N)C(c1ccsc1)N1CCSC(C)(C)CC1. The first-order valence-corrected chi connectivity index (χ1v) is 9.12. The first-order chi connectivity index (χ1) is 9.03. The Balaban J connectivity index is 2.14. The van der Waals surface area contributed by atoms with E-state index in [-0.39, 0.29) is 6.04 Å². The fraction of sp³-hybridized carbons (Fsp3) is 0.733. The highest BCUT2D eigenvalue weighted by molar-refractivity contribution is 8.00. The summed E-state index contributed by atoms with van der Waals surface area (Å²) in [5, 5.41) is 4.44. The third-order valence-electron chi connectivity index (χ3n) is 4.03. The number of nitrogens with two attached hydrogens (primary N) is 1. The van der Waals surface area contributed by atoms with Crippen LogP contribution in [0.2, 0.25) is 0 Å². The molecule has 19 heavy (non-hydrogen) atoms. The van der Waals surface area contributed by atoms with Crippen LogP contribution in [0, 0.1) is 0 Å². The zero-order chi connectivity index (χ0) is 13.9. The van der Waals surface area contributed by atoms with Crippen molar-refractivity contribution >= 4 is 23.1 Å².